The van der Waals surface area contributed by atoms with Gasteiger partial charge in [-0.25, -0.2) is 19.4 Å². The van der Waals surface area contributed by atoms with E-state index in [9.17, 15) is 4.79 Å². The number of nitrogens with zero attached hydrogens (tertiary/aromatic N) is 5. The first-order valence-corrected chi connectivity index (χ1v) is 8.08. The number of rotatable bonds is 4. The van der Waals surface area contributed by atoms with E-state index in [0.717, 1.165) is 16.8 Å². The van der Waals surface area contributed by atoms with E-state index in [1.807, 2.05) is 43.3 Å². The number of aryl methyl sites for hydroxylation is 1. The Morgan fingerprint density at radius 3 is 2.92 bits per heavy atom. The Morgan fingerprint density at radius 1 is 1.23 bits per heavy atom. The molecule has 3 aromatic heterocycles. The summed E-state index contributed by atoms with van der Waals surface area (Å²) in [7, 11) is 0. The summed E-state index contributed by atoms with van der Waals surface area (Å²) in [5.74, 6) is -0.0226. The summed E-state index contributed by atoms with van der Waals surface area (Å²) in [5.41, 5.74) is 4.12. The molecule has 0 atom stereocenters. The molecule has 0 fully saturated rings. The van der Waals surface area contributed by atoms with Crippen molar-refractivity contribution in [3.05, 3.63) is 65.4 Å². The molecule has 0 aliphatic rings. The molecular weight excluding hydrogens is 332 g/mol. The van der Waals surface area contributed by atoms with Gasteiger partial charge in [0.15, 0.2) is 11.3 Å². The second-order valence-corrected chi connectivity index (χ2v) is 5.91. The van der Waals surface area contributed by atoms with Crippen LogP contribution in [0, 0.1) is 13.8 Å². The van der Waals surface area contributed by atoms with Gasteiger partial charge >= 0.3 is 5.97 Å². The maximum atomic E-state index is 12.4. The third-order valence-corrected chi connectivity index (χ3v) is 3.98. The Bertz CT molecular complexity index is 1060. The Morgan fingerprint density at radius 2 is 2.12 bits per heavy atom. The van der Waals surface area contributed by atoms with E-state index >= 15 is 0 Å². The molecule has 26 heavy (non-hydrogen) atoms. The molecule has 4 rings (SSSR count). The smallest absolute Gasteiger partial charge is 0.361 e. The molecule has 0 radical (unpaired) electrons. The van der Waals surface area contributed by atoms with Crippen molar-refractivity contribution in [2.24, 2.45) is 0 Å². The minimum atomic E-state index is -0.546. The number of hydrogen-bond acceptors (Lipinski definition) is 6. The van der Waals surface area contributed by atoms with E-state index in [1.165, 1.54) is 0 Å². The van der Waals surface area contributed by atoms with Crippen LogP contribution in [0.3, 0.4) is 0 Å². The van der Waals surface area contributed by atoms with Crippen LogP contribution in [0.5, 0.6) is 0 Å². The van der Waals surface area contributed by atoms with Gasteiger partial charge in [0.25, 0.3) is 0 Å². The Labute approximate surface area is 148 Å². The van der Waals surface area contributed by atoms with Crippen LogP contribution in [0.2, 0.25) is 0 Å². The first kappa shape index (κ1) is 15.9. The minimum absolute atomic E-state index is 0.00589. The fourth-order valence-electron chi connectivity index (χ4n) is 2.69. The second-order valence-electron chi connectivity index (χ2n) is 5.91. The summed E-state index contributed by atoms with van der Waals surface area (Å²) in [6, 6.07) is 11.5. The number of fused-ring (bicyclic) bond motifs is 1. The fourth-order valence-corrected chi connectivity index (χ4v) is 2.69. The maximum Gasteiger partial charge on any atom is 0.361 e. The van der Waals surface area contributed by atoms with Gasteiger partial charge in [-0.1, -0.05) is 17.3 Å². The summed E-state index contributed by atoms with van der Waals surface area (Å²) in [5, 5.41) is 8.04. The van der Waals surface area contributed by atoms with Crippen molar-refractivity contribution in [3.8, 4) is 5.69 Å². The predicted octanol–water partition coefficient (Wildman–Crippen LogP) is 2.51. The lowest BCUT2D eigenvalue weighted by atomic mass is 10.2. The Kier molecular flexibility index (Phi) is 3.92. The number of hydrogen-bond donors (Lipinski definition) is 1. The van der Waals surface area contributed by atoms with Gasteiger partial charge in [0.2, 0.25) is 0 Å². The topological polar surface area (TPSA) is 98.6 Å². The number of carbonyl (C=O) groups is 1. The lowest BCUT2D eigenvalue weighted by Crippen LogP contribution is -2.09. The number of nitrogens with one attached hydrogen (secondary N) is 1. The standard InChI is InChI=1S/C18H16N6O2/c1-11-5-3-6-13(9-11)24-12(2)16(22-23-24)18(25)26-10-15-20-14-7-4-8-19-17(14)21-15/h3-9H,10H2,1-2H3,(H,19,20,21). The summed E-state index contributed by atoms with van der Waals surface area (Å²) in [4.78, 5) is 23.8. The molecule has 0 bridgehead atoms. The predicted molar refractivity (Wildman–Crippen MR) is 93.8 cm³/mol. The van der Waals surface area contributed by atoms with E-state index in [2.05, 4.69) is 25.3 Å². The van der Waals surface area contributed by atoms with Crippen molar-refractivity contribution >= 4 is 17.1 Å². The van der Waals surface area contributed by atoms with Crippen molar-refractivity contribution in [2.45, 2.75) is 20.5 Å². The quantitative estimate of drug-likeness (QED) is 0.569. The van der Waals surface area contributed by atoms with Crippen LogP contribution >= 0.6 is 0 Å². The van der Waals surface area contributed by atoms with Gasteiger partial charge in [0.1, 0.15) is 12.4 Å². The van der Waals surface area contributed by atoms with Crippen molar-refractivity contribution in [1.29, 1.82) is 0 Å². The minimum Gasteiger partial charge on any atom is -0.453 e. The molecular formula is C18H16N6O2. The molecule has 8 nitrogen and oxygen atoms in total. The molecule has 0 saturated heterocycles. The molecule has 0 aliphatic heterocycles. The average molecular weight is 348 g/mol. The van der Waals surface area contributed by atoms with Crippen molar-refractivity contribution < 1.29 is 9.53 Å². The van der Waals surface area contributed by atoms with Gasteiger partial charge < -0.3 is 9.72 Å². The Balaban J connectivity index is 1.51. The van der Waals surface area contributed by atoms with Crippen LogP contribution in [0.15, 0.2) is 42.6 Å². The van der Waals surface area contributed by atoms with Crippen LogP contribution in [0.4, 0.5) is 0 Å². The van der Waals surface area contributed by atoms with Crippen LogP contribution in [-0.2, 0) is 11.3 Å². The molecule has 8 heteroatoms. The van der Waals surface area contributed by atoms with Gasteiger partial charge in [-0.2, -0.15) is 0 Å². The van der Waals surface area contributed by atoms with Gasteiger partial charge in [-0.15, -0.1) is 5.10 Å². The first-order valence-electron chi connectivity index (χ1n) is 8.08. The molecule has 0 amide bonds. The number of ether oxygens (including phenoxy) is 1. The summed E-state index contributed by atoms with van der Waals surface area (Å²) >= 11 is 0. The van der Waals surface area contributed by atoms with E-state index in [0.29, 0.717) is 17.2 Å². The first-order chi connectivity index (χ1) is 12.6. The zero-order valence-corrected chi connectivity index (χ0v) is 14.3. The highest BCUT2D eigenvalue weighted by molar-refractivity contribution is 5.88. The number of H-pyrrole nitrogens is 1. The molecule has 0 unspecified atom stereocenters. The lowest BCUT2D eigenvalue weighted by molar-refractivity contribution is 0.0455. The summed E-state index contributed by atoms with van der Waals surface area (Å²) in [6.45, 7) is 3.78. The van der Waals surface area contributed by atoms with Gasteiger partial charge in [-0.3, -0.25) is 0 Å². The second kappa shape index (κ2) is 6.40. The van der Waals surface area contributed by atoms with Crippen LogP contribution < -0.4 is 0 Å². The van der Waals surface area contributed by atoms with E-state index in [-0.39, 0.29) is 12.3 Å². The molecule has 0 saturated carbocycles. The number of aromatic nitrogens is 6. The third-order valence-electron chi connectivity index (χ3n) is 3.98. The van der Waals surface area contributed by atoms with Crippen LogP contribution in [0.25, 0.3) is 16.9 Å². The van der Waals surface area contributed by atoms with Crippen LogP contribution in [0.1, 0.15) is 27.6 Å². The lowest BCUT2D eigenvalue weighted by Gasteiger charge is -2.04. The number of pyridine rings is 1. The van der Waals surface area contributed by atoms with Crippen molar-refractivity contribution in [3.63, 3.8) is 0 Å². The van der Waals surface area contributed by atoms with Crippen molar-refractivity contribution in [2.75, 3.05) is 0 Å². The normalized spacial score (nSPS) is 11.0. The molecule has 1 N–H and O–H groups in total. The number of carbonyl (C=O) groups excluding carboxylic acids is 1. The highest BCUT2D eigenvalue weighted by Crippen LogP contribution is 2.15. The largest absolute Gasteiger partial charge is 0.453 e. The number of benzene rings is 1. The van der Waals surface area contributed by atoms with Crippen LogP contribution in [-0.4, -0.2) is 35.9 Å². The molecule has 0 spiro atoms. The van der Waals surface area contributed by atoms with Gasteiger partial charge in [0, 0.05) is 6.20 Å². The summed E-state index contributed by atoms with van der Waals surface area (Å²) in [6.07, 6.45) is 1.66. The van der Waals surface area contributed by atoms with Crippen molar-refractivity contribution in [1.82, 2.24) is 29.9 Å². The zero-order chi connectivity index (χ0) is 18.1. The van der Waals surface area contributed by atoms with Gasteiger partial charge in [0.05, 0.1) is 16.9 Å². The highest BCUT2D eigenvalue weighted by Gasteiger charge is 2.19. The van der Waals surface area contributed by atoms with E-state index < -0.39 is 5.97 Å². The molecule has 1 aromatic carbocycles. The highest BCUT2D eigenvalue weighted by atomic mass is 16.5. The van der Waals surface area contributed by atoms with E-state index in [1.54, 1.807) is 17.8 Å². The maximum absolute atomic E-state index is 12.4. The number of aromatic amines is 1. The Hall–Kier alpha value is -3.55. The summed E-state index contributed by atoms with van der Waals surface area (Å²) < 4.78 is 6.94. The number of imidazole rings is 1. The fraction of sp³-hybridized carbons (Fsp3) is 0.167. The third kappa shape index (κ3) is 2.92. The SMILES string of the molecule is Cc1cccc(-n2nnc(C(=O)OCc3nc4ncccc4[nH]3)c2C)c1. The molecule has 4 aromatic rings. The zero-order valence-electron chi connectivity index (χ0n) is 14.3. The average Bonchev–Trinajstić information content (AvgIpc) is 3.22. The molecule has 0 aliphatic carbocycles. The van der Waals surface area contributed by atoms with Gasteiger partial charge in [-0.05, 0) is 43.7 Å². The van der Waals surface area contributed by atoms with E-state index in [4.69, 9.17) is 4.74 Å². The monoisotopic (exact) mass is 348 g/mol. The molecule has 3 heterocycles. The number of esters is 1. The molecule has 130 valence electrons.